The van der Waals surface area contributed by atoms with Crippen molar-refractivity contribution < 1.29 is 0 Å². The molecule has 1 aromatic heterocycles. The van der Waals surface area contributed by atoms with Gasteiger partial charge in [-0.3, -0.25) is 0 Å². The molecule has 0 bridgehead atoms. The Morgan fingerprint density at radius 3 is 2.67 bits per heavy atom. The number of rotatable bonds is 3. The van der Waals surface area contributed by atoms with Crippen LogP contribution in [0.4, 0.5) is 0 Å². The molecule has 0 aliphatic carbocycles. The fourth-order valence-electron chi connectivity index (χ4n) is 0.999. The van der Waals surface area contributed by atoms with Crippen molar-refractivity contribution in [3.05, 3.63) is 19.2 Å². The van der Waals surface area contributed by atoms with Crippen molar-refractivity contribution in [3.63, 3.8) is 0 Å². The van der Waals surface area contributed by atoms with Gasteiger partial charge in [0.05, 0.1) is 3.79 Å². The highest BCUT2D eigenvalue weighted by molar-refractivity contribution is 9.13. The Labute approximate surface area is 93.6 Å². The molecular weight excluding hydrogens is 302 g/mol. The lowest BCUT2D eigenvalue weighted by atomic mass is 10.1. The van der Waals surface area contributed by atoms with E-state index in [-0.39, 0.29) is 6.04 Å². The van der Waals surface area contributed by atoms with Crippen LogP contribution in [-0.4, -0.2) is 0 Å². The quantitative estimate of drug-likeness (QED) is 0.894. The molecule has 4 heteroatoms. The highest BCUT2D eigenvalue weighted by Crippen LogP contribution is 2.35. The van der Waals surface area contributed by atoms with Crippen LogP contribution in [0.2, 0.25) is 0 Å². The number of halogens is 2. The van der Waals surface area contributed by atoms with Crippen molar-refractivity contribution in [2.75, 3.05) is 0 Å². The van der Waals surface area contributed by atoms with E-state index in [9.17, 15) is 0 Å². The summed E-state index contributed by atoms with van der Waals surface area (Å²) in [6.45, 7) is 2.15. The van der Waals surface area contributed by atoms with E-state index in [1.54, 1.807) is 11.3 Å². The molecular formula is C8H11Br2NS. The van der Waals surface area contributed by atoms with Crippen LogP contribution in [0.15, 0.2) is 14.3 Å². The van der Waals surface area contributed by atoms with Crippen LogP contribution in [0.5, 0.6) is 0 Å². The molecule has 0 saturated carbocycles. The van der Waals surface area contributed by atoms with E-state index >= 15 is 0 Å². The molecule has 1 rings (SSSR count). The lowest BCUT2D eigenvalue weighted by molar-refractivity contribution is 0.648. The van der Waals surface area contributed by atoms with Gasteiger partial charge in [-0.2, -0.15) is 0 Å². The number of hydrogen-bond acceptors (Lipinski definition) is 2. The van der Waals surface area contributed by atoms with Gasteiger partial charge in [0, 0.05) is 15.4 Å². The maximum Gasteiger partial charge on any atom is 0.0843 e. The Bertz CT molecular complexity index is 240. The molecule has 1 heterocycles. The predicted octanol–water partition coefficient (Wildman–Crippen LogP) is 4.07. The summed E-state index contributed by atoms with van der Waals surface area (Å²) in [6, 6.07) is 2.29. The lowest BCUT2D eigenvalue weighted by Gasteiger charge is -2.05. The number of hydrogen-bond donors (Lipinski definition) is 1. The number of thiophene rings is 1. The molecule has 0 saturated heterocycles. The molecule has 2 N–H and O–H groups in total. The van der Waals surface area contributed by atoms with Crippen LogP contribution in [0.1, 0.15) is 30.7 Å². The molecule has 0 aliphatic heterocycles. The molecule has 0 aliphatic rings. The second kappa shape index (κ2) is 4.74. The largest absolute Gasteiger partial charge is 0.323 e. The molecule has 0 amide bonds. The first-order valence-electron chi connectivity index (χ1n) is 3.85. The second-order valence-electron chi connectivity index (χ2n) is 2.67. The average molecular weight is 313 g/mol. The highest BCUT2D eigenvalue weighted by Gasteiger charge is 2.10. The Hall–Kier alpha value is 0.620. The third kappa shape index (κ3) is 2.55. The van der Waals surface area contributed by atoms with Gasteiger partial charge >= 0.3 is 0 Å². The summed E-state index contributed by atoms with van der Waals surface area (Å²) < 4.78 is 2.23. The van der Waals surface area contributed by atoms with Crippen molar-refractivity contribution in [3.8, 4) is 0 Å². The molecule has 0 unspecified atom stereocenters. The van der Waals surface area contributed by atoms with E-state index < -0.39 is 0 Å². The van der Waals surface area contributed by atoms with Gasteiger partial charge in [-0.25, -0.2) is 0 Å². The van der Waals surface area contributed by atoms with Gasteiger partial charge in [0.25, 0.3) is 0 Å². The van der Waals surface area contributed by atoms with Crippen LogP contribution in [0.25, 0.3) is 0 Å². The van der Waals surface area contributed by atoms with Crippen LogP contribution >= 0.6 is 43.2 Å². The fraction of sp³-hybridized carbons (Fsp3) is 0.500. The zero-order valence-corrected chi connectivity index (χ0v) is 10.8. The zero-order valence-electron chi connectivity index (χ0n) is 6.81. The summed E-state index contributed by atoms with van der Waals surface area (Å²) in [5.41, 5.74) is 5.96. The van der Waals surface area contributed by atoms with Gasteiger partial charge in [0.15, 0.2) is 0 Å². The van der Waals surface area contributed by atoms with Crippen LogP contribution in [0, 0.1) is 0 Å². The Kier molecular flexibility index (Phi) is 4.23. The van der Waals surface area contributed by atoms with Crippen molar-refractivity contribution in [2.45, 2.75) is 25.8 Å². The van der Waals surface area contributed by atoms with Crippen LogP contribution in [0.3, 0.4) is 0 Å². The van der Waals surface area contributed by atoms with Gasteiger partial charge in [-0.05, 0) is 44.3 Å². The van der Waals surface area contributed by atoms with Gasteiger partial charge in [0.1, 0.15) is 0 Å². The van der Waals surface area contributed by atoms with E-state index in [0.29, 0.717) is 0 Å². The predicted molar refractivity (Wildman–Crippen MR) is 61.6 cm³/mol. The summed E-state index contributed by atoms with van der Waals surface area (Å²) in [6.07, 6.45) is 2.19. The molecule has 1 atom stereocenters. The maximum absolute atomic E-state index is 5.96. The third-order valence-electron chi connectivity index (χ3n) is 1.63. The second-order valence-corrected chi connectivity index (χ2v) is 5.92. The average Bonchev–Trinajstić information content (AvgIpc) is 2.33. The molecule has 0 fully saturated rings. The SMILES string of the molecule is CCC[C@H](N)c1cc(Br)c(Br)s1. The summed E-state index contributed by atoms with van der Waals surface area (Å²) in [5.74, 6) is 0. The van der Waals surface area contributed by atoms with Crippen molar-refractivity contribution >= 4 is 43.2 Å². The highest BCUT2D eigenvalue weighted by atomic mass is 79.9. The molecule has 0 spiro atoms. The lowest BCUT2D eigenvalue weighted by Crippen LogP contribution is -2.07. The van der Waals surface area contributed by atoms with E-state index in [1.165, 1.54) is 4.88 Å². The minimum atomic E-state index is 0.197. The summed E-state index contributed by atoms with van der Waals surface area (Å²) in [7, 11) is 0. The first kappa shape index (κ1) is 10.7. The fourth-order valence-corrected chi connectivity index (χ4v) is 3.12. The number of nitrogens with two attached hydrogens (primary N) is 1. The zero-order chi connectivity index (χ0) is 9.14. The first-order valence-corrected chi connectivity index (χ1v) is 6.25. The standard InChI is InChI=1S/C8H11Br2NS/c1-2-3-6(11)7-4-5(9)8(10)12-7/h4,6H,2-3,11H2,1H3/t6-/m0/s1. The Balaban J connectivity index is 2.74. The molecule has 1 aromatic rings. The molecule has 12 heavy (non-hydrogen) atoms. The third-order valence-corrected chi connectivity index (χ3v) is 5.02. The van der Waals surface area contributed by atoms with Gasteiger partial charge < -0.3 is 5.73 Å². The monoisotopic (exact) mass is 311 g/mol. The van der Waals surface area contributed by atoms with Gasteiger partial charge in [-0.15, -0.1) is 11.3 Å². The summed E-state index contributed by atoms with van der Waals surface area (Å²) in [4.78, 5) is 1.25. The van der Waals surface area contributed by atoms with E-state index in [1.807, 2.05) is 0 Å². The van der Waals surface area contributed by atoms with Gasteiger partial charge in [0.2, 0.25) is 0 Å². The normalized spacial score (nSPS) is 13.3. The van der Waals surface area contributed by atoms with Crippen molar-refractivity contribution in [1.82, 2.24) is 0 Å². The maximum atomic E-state index is 5.96. The van der Waals surface area contributed by atoms with Crippen LogP contribution in [-0.2, 0) is 0 Å². The van der Waals surface area contributed by atoms with E-state index in [2.05, 4.69) is 44.8 Å². The topological polar surface area (TPSA) is 26.0 Å². The van der Waals surface area contributed by atoms with Crippen LogP contribution < -0.4 is 5.73 Å². The molecule has 1 nitrogen and oxygen atoms in total. The van der Waals surface area contributed by atoms with E-state index in [0.717, 1.165) is 21.1 Å². The first-order chi connectivity index (χ1) is 5.65. The summed E-state index contributed by atoms with van der Waals surface area (Å²) >= 11 is 8.60. The minimum absolute atomic E-state index is 0.197. The Morgan fingerprint density at radius 1 is 1.58 bits per heavy atom. The smallest absolute Gasteiger partial charge is 0.0843 e. The molecule has 0 radical (unpaired) electrons. The van der Waals surface area contributed by atoms with Gasteiger partial charge in [-0.1, -0.05) is 13.3 Å². The molecule has 68 valence electrons. The van der Waals surface area contributed by atoms with E-state index in [4.69, 9.17) is 5.73 Å². The summed E-state index contributed by atoms with van der Waals surface area (Å²) in [5, 5.41) is 0. The van der Waals surface area contributed by atoms with Crippen molar-refractivity contribution in [1.29, 1.82) is 0 Å². The van der Waals surface area contributed by atoms with Crippen molar-refractivity contribution in [2.24, 2.45) is 5.73 Å². The molecule has 0 aromatic carbocycles. The minimum Gasteiger partial charge on any atom is -0.323 e. The Morgan fingerprint density at radius 2 is 2.25 bits per heavy atom.